The van der Waals surface area contributed by atoms with Crippen molar-refractivity contribution < 1.29 is 13.6 Å². The Balaban J connectivity index is 2.18. The van der Waals surface area contributed by atoms with Gasteiger partial charge in [-0.1, -0.05) is 0 Å². The summed E-state index contributed by atoms with van der Waals surface area (Å²) >= 11 is 0. The number of hydrogen-bond donors (Lipinski definition) is 0. The Labute approximate surface area is 152 Å². The van der Waals surface area contributed by atoms with Gasteiger partial charge in [-0.25, -0.2) is 9.78 Å². The molecule has 26 heavy (non-hydrogen) atoms. The molecule has 0 N–H and O–H groups in total. The van der Waals surface area contributed by atoms with Gasteiger partial charge in [-0.05, 0) is 33.6 Å². The molecule has 0 amide bonds. The fourth-order valence-corrected chi connectivity index (χ4v) is 4.62. The zero-order chi connectivity index (χ0) is 19.3. The lowest BCUT2D eigenvalue weighted by molar-refractivity contribution is 0.219. The zero-order valence-corrected chi connectivity index (χ0v) is 16.7. The van der Waals surface area contributed by atoms with Crippen molar-refractivity contribution in [2.75, 3.05) is 19.4 Å². The predicted molar refractivity (Wildman–Crippen MR) is 99.9 cm³/mol. The van der Waals surface area contributed by atoms with E-state index in [-0.39, 0.29) is 18.3 Å². The Morgan fingerprint density at radius 3 is 2.35 bits per heavy atom. The maximum absolute atomic E-state index is 12.7. The molecule has 0 aliphatic heterocycles. The highest BCUT2D eigenvalue weighted by Gasteiger charge is 2.23. The Kier molecular flexibility index (Phi) is 6.97. The number of hydrogen-bond acceptors (Lipinski definition) is 6. The molecule has 146 valence electrons. The maximum Gasteiger partial charge on any atom is 0.332 e. The number of aromatic nitrogens is 4. The van der Waals surface area contributed by atoms with Crippen LogP contribution in [0.25, 0.3) is 11.2 Å². The van der Waals surface area contributed by atoms with Gasteiger partial charge in [0.15, 0.2) is 11.2 Å². The third kappa shape index (κ3) is 4.16. The third-order valence-electron chi connectivity index (χ3n) is 4.16. The minimum Gasteiger partial charge on any atom is -0.325 e. The largest absolute Gasteiger partial charge is 0.332 e. The van der Waals surface area contributed by atoms with Gasteiger partial charge in [0.1, 0.15) is 0 Å². The average Bonchev–Trinajstić information content (AvgIpc) is 3.04. The van der Waals surface area contributed by atoms with Crippen molar-refractivity contribution in [1.29, 1.82) is 0 Å². The second-order valence-electron chi connectivity index (χ2n) is 5.88. The van der Waals surface area contributed by atoms with E-state index in [0.29, 0.717) is 43.8 Å². The fourth-order valence-electron chi connectivity index (χ4n) is 2.89. The minimum absolute atomic E-state index is 0.245. The van der Waals surface area contributed by atoms with Gasteiger partial charge < -0.3 is 13.6 Å². The number of aryl methyl sites for hydroxylation is 2. The summed E-state index contributed by atoms with van der Waals surface area (Å²) in [7, 11) is -1.50. The van der Waals surface area contributed by atoms with Crippen LogP contribution in [0.4, 0.5) is 0 Å². The molecule has 10 heteroatoms. The van der Waals surface area contributed by atoms with Crippen molar-refractivity contribution in [3.8, 4) is 0 Å². The lowest BCUT2D eigenvalue weighted by Gasteiger charge is -2.16. The van der Waals surface area contributed by atoms with E-state index in [4.69, 9.17) is 9.05 Å². The first-order chi connectivity index (χ1) is 12.4. The highest BCUT2D eigenvalue weighted by atomic mass is 31.2. The molecule has 2 heterocycles. The van der Waals surface area contributed by atoms with Crippen LogP contribution in [0, 0.1) is 0 Å². The van der Waals surface area contributed by atoms with Gasteiger partial charge in [0, 0.05) is 20.1 Å². The molecule has 0 aromatic carbocycles. The van der Waals surface area contributed by atoms with Crippen LogP contribution in [-0.2, 0) is 33.7 Å². The van der Waals surface area contributed by atoms with Gasteiger partial charge in [-0.15, -0.1) is 0 Å². The number of imidazole rings is 1. The molecular weight excluding hydrogens is 359 g/mol. The predicted octanol–water partition coefficient (Wildman–Crippen LogP) is 1.96. The second-order valence-corrected chi connectivity index (χ2v) is 8.06. The van der Waals surface area contributed by atoms with Gasteiger partial charge in [-0.3, -0.25) is 18.5 Å². The van der Waals surface area contributed by atoms with Crippen LogP contribution in [0.15, 0.2) is 15.9 Å². The highest BCUT2D eigenvalue weighted by molar-refractivity contribution is 7.53. The van der Waals surface area contributed by atoms with Crippen molar-refractivity contribution in [1.82, 2.24) is 18.7 Å². The van der Waals surface area contributed by atoms with Crippen LogP contribution in [0.1, 0.15) is 33.6 Å². The van der Waals surface area contributed by atoms with Crippen LogP contribution < -0.4 is 11.2 Å². The maximum atomic E-state index is 12.7. The van der Waals surface area contributed by atoms with Gasteiger partial charge >= 0.3 is 13.3 Å². The lowest BCUT2D eigenvalue weighted by atomic mass is 10.3. The molecule has 0 spiro atoms. The lowest BCUT2D eigenvalue weighted by Crippen LogP contribution is -2.39. The summed E-state index contributed by atoms with van der Waals surface area (Å²) in [5.74, 6) is 0. The van der Waals surface area contributed by atoms with E-state index in [1.54, 1.807) is 31.8 Å². The van der Waals surface area contributed by atoms with Crippen LogP contribution in [-0.4, -0.2) is 38.1 Å². The molecule has 0 unspecified atom stereocenters. The molecule has 2 aromatic heterocycles. The SMILES string of the molecule is CCOP(=O)(CCCCn1c(=O)c2c(ncn2CC)n(C)c1=O)OCC. The second kappa shape index (κ2) is 8.79. The zero-order valence-electron chi connectivity index (χ0n) is 15.8. The normalized spacial score (nSPS) is 12.2. The molecule has 9 nitrogen and oxygen atoms in total. The summed E-state index contributed by atoms with van der Waals surface area (Å²) in [6.07, 6.45) is 2.87. The molecule has 0 radical (unpaired) electrons. The molecule has 0 saturated carbocycles. The molecule has 0 aliphatic rings. The van der Waals surface area contributed by atoms with Crippen molar-refractivity contribution >= 4 is 18.8 Å². The van der Waals surface area contributed by atoms with Crippen LogP contribution in [0.3, 0.4) is 0 Å². The third-order valence-corrected chi connectivity index (χ3v) is 6.32. The van der Waals surface area contributed by atoms with Crippen molar-refractivity contribution in [2.24, 2.45) is 7.05 Å². The standard InChI is InChI=1S/C16H27N4O5P/c1-5-19-12-17-14-13(19)15(21)20(16(22)18(14)4)10-8-9-11-26(23,24-6-2)25-7-3/h12H,5-11H2,1-4H3. The molecule has 0 saturated heterocycles. The minimum atomic E-state index is -3.10. The van der Waals surface area contributed by atoms with Gasteiger partial charge in [0.05, 0.1) is 25.7 Å². The Bertz CT molecular complexity index is 904. The Hall–Kier alpha value is -1.70. The summed E-state index contributed by atoms with van der Waals surface area (Å²) in [4.78, 5) is 29.4. The van der Waals surface area contributed by atoms with Gasteiger partial charge in [0.25, 0.3) is 5.56 Å². The monoisotopic (exact) mass is 386 g/mol. The van der Waals surface area contributed by atoms with Crippen molar-refractivity contribution in [3.63, 3.8) is 0 Å². The molecule has 0 fully saturated rings. The van der Waals surface area contributed by atoms with Crippen molar-refractivity contribution in [3.05, 3.63) is 27.2 Å². The van der Waals surface area contributed by atoms with E-state index in [1.807, 2.05) is 6.92 Å². The molecule has 0 aliphatic carbocycles. The first-order valence-corrected chi connectivity index (χ1v) is 10.6. The summed E-state index contributed by atoms with van der Waals surface area (Å²) in [6, 6.07) is 0. The van der Waals surface area contributed by atoms with Gasteiger partial charge in [0.2, 0.25) is 0 Å². The molecule has 0 bridgehead atoms. The summed E-state index contributed by atoms with van der Waals surface area (Å²) < 4.78 is 27.3. The van der Waals surface area contributed by atoms with Crippen LogP contribution >= 0.6 is 7.60 Å². The first-order valence-electron chi connectivity index (χ1n) is 8.91. The van der Waals surface area contributed by atoms with Crippen molar-refractivity contribution in [2.45, 2.75) is 46.7 Å². The summed E-state index contributed by atoms with van der Waals surface area (Å²) in [5, 5.41) is 0. The van der Waals surface area contributed by atoms with E-state index in [0.717, 1.165) is 0 Å². The van der Waals surface area contributed by atoms with Gasteiger partial charge in [-0.2, -0.15) is 0 Å². The fraction of sp³-hybridized carbons (Fsp3) is 0.688. The Morgan fingerprint density at radius 2 is 1.77 bits per heavy atom. The molecule has 0 atom stereocenters. The van der Waals surface area contributed by atoms with Crippen LogP contribution in [0.2, 0.25) is 0 Å². The van der Waals surface area contributed by atoms with Crippen LogP contribution in [0.5, 0.6) is 0 Å². The number of fused-ring (bicyclic) bond motifs is 1. The topological polar surface area (TPSA) is 97.4 Å². The number of rotatable bonds is 10. The molecular formula is C16H27N4O5P. The first kappa shape index (κ1) is 20.6. The van der Waals surface area contributed by atoms with E-state index < -0.39 is 13.3 Å². The summed E-state index contributed by atoms with van der Waals surface area (Å²) in [6.45, 7) is 6.91. The molecule has 2 rings (SSSR count). The Morgan fingerprint density at radius 1 is 1.12 bits per heavy atom. The molecule has 2 aromatic rings. The summed E-state index contributed by atoms with van der Waals surface area (Å²) in [5.41, 5.74) is 0.0566. The quantitative estimate of drug-likeness (QED) is 0.457. The van der Waals surface area contributed by atoms with E-state index in [2.05, 4.69) is 4.98 Å². The average molecular weight is 386 g/mol. The highest BCUT2D eigenvalue weighted by Crippen LogP contribution is 2.48. The van der Waals surface area contributed by atoms with E-state index in [1.165, 1.54) is 9.13 Å². The smallest absolute Gasteiger partial charge is 0.325 e. The number of unbranched alkanes of at least 4 members (excludes halogenated alkanes) is 1. The van der Waals surface area contributed by atoms with E-state index in [9.17, 15) is 14.2 Å². The number of nitrogens with zero attached hydrogens (tertiary/aromatic N) is 4. The van der Waals surface area contributed by atoms with E-state index >= 15 is 0 Å².